The first-order valence-electron chi connectivity index (χ1n) is 5.82. The van der Waals surface area contributed by atoms with Crippen LogP contribution in [0.1, 0.15) is 23.5 Å². The van der Waals surface area contributed by atoms with E-state index in [2.05, 4.69) is 20.5 Å². The second kappa shape index (κ2) is 5.58. The Morgan fingerprint density at radius 1 is 1.50 bits per heavy atom. The number of nitrogens with one attached hydrogen (secondary N) is 2. The van der Waals surface area contributed by atoms with Crippen LogP contribution >= 0.6 is 0 Å². The number of piperidine rings is 1. The number of carbonyl (C=O) groups excluding carboxylic acids is 2. The number of likely N-dealkylation sites (tertiary alicyclic amines) is 1. The number of carbonyl (C=O) groups is 2. The van der Waals surface area contributed by atoms with Crippen molar-refractivity contribution in [2.75, 3.05) is 19.6 Å². The molecule has 4 N–H and O–H groups in total. The van der Waals surface area contributed by atoms with Crippen molar-refractivity contribution in [3.8, 4) is 0 Å². The van der Waals surface area contributed by atoms with Crippen molar-refractivity contribution in [1.29, 1.82) is 0 Å². The minimum absolute atomic E-state index is 0.103. The summed E-state index contributed by atoms with van der Waals surface area (Å²) in [6.45, 7) is 1.79. The average molecular weight is 252 g/mol. The molecular formula is C10H16N6O2. The van der Waals surface area contributed by atoms with E-state index in [-0.39, 0.29) is 30.2 Å². The van der Waals surface area contributed by atoms with Gasteiger partial charge in [-0.05, 0) is 12.8 Å². The molecule has 0 saturated carbocycles. The lowest BCUT2D eigenvalue weighted by Crippen LogP contribution is -2.46. The van der Waals surface area contributed by atoms with Crippen molar-refractivity contribution < 1.29 is 9.59 Å². The van der Waals surface area contributed by atoms with E-state index in [1.807, 2.05) is 4.90 Å². The third-order valence-electron chi connectivity index (χ3n) is 2.93. The fraction of sp³-hybridized carbons (Fsp3) is 0.600. The van der Waals surface area contributed by atoms with Gasteiger partial charge in [-0.25, -0.2) is 4.98 Å². The van der Waals surface area contributed by atoms with E-state index in [1.165, 1.54) is 6.33 Å². The molecule has 8 nitrogen and oxygen atoms in total. The molecule has 0 aromatic carbocycles. The summed E-state index contributed by atoms with van der Waals surface area (Å²) in [5, 5.41) is 9.02. The molecule has 0 unspecified atom stereocenters. The number of rotatable bonds is 4. The summed E-state index contributed by atoms with van der Waals surface area (Å²) >= 11 is 0. The van der Waals surface area contributed by atoms with Gasteiger partial charge in [0.25, 0.3) is 5.91 Å². The maximum atomic E-state index is 11.7. The molecule has 8 heteroatoms. The summed E-state index contributed by atoms with van der Waals surface area (Å²) in [7, 11) is 0. The molecule has 1 saturated heterocycles. The largest absolute Gasteiger partial charge is 0.369 e. The Morgan fingerprint density at radius 3 is 2.78 bits per heavy atom. The summed E-state index contributed by atoms with van der Waals surface area (Å²) < 4.78 is 0. The van der Waals surface area contributed by atoms with Gasteiger partial charge in [-0.3, -0.25) is 19.6 Å². The Hall–Kier alpha value is -1.96. The molecule has 98 valence electrons. The topological polar surface area (TPSA) is 117 Å². The second-order valence-corrected chi connectivity index (χ2v) is 4.32. The van der Waals surface area contributed by atoms with E-state index in [0.717, 1.165) is 25.9 Å². The molecule has 1 aromatic rings. The van der Waals surface area contributed by atoms with Crippen LogP contribution in [0.15, 0.2) is 6.33 Å². The highest BCUT2D eigenvalue weighted by Crippen LogP contribution is 2.10. The number of primary amides is 1. The molecule has 2 rings (SSSR count). The highest BCUT2D eigenvalue weighted by atomic mass is 16.2. The molecule has 1 aromatic heterocycles. The van der Waals surface area contributed by atoms with E-state index in [9.17, 15) is 9.59 Å². The molecular weight excluding hydrogens is 236 g/mol. The zero-order chi connectivity index (χ0) is 13.0. The van der Waals surface area contributed by atoms with Crippen LogP contribution in [-0.4, -0.2) is 57.6 Å². The summed E-state index contributed by atoms with van der Waals surface area (Å²) in [6.07, 6.45) is 2.89. The molecule has 0 aliphatic carbocycles. The van der Waals surface area contributed by atoms with E-state index in [1.54, 1.807) is 0 Å². The Bertz CT molecular complexity index is 410. The lowest BCUT2D eigenvalue weighted by Gasteiger charge is -2.31. The fourth-order valence-corrected chi connectivity index (χ4v) is 2.02. The van der Waals surface area contributed by atoms with Gasteiger partial charge in [-0.1, -0.05) is 0 Å². The van der Waals surface area contributed by atoms with Crippen LogP contribution < -0.4 is 11.1 Å². The maximum absolute atomic E-state index is 11.7. The molecule has 1 aliphatic heterocycles. The van der Waals surface area contributed by atoms with Crippen LogP contribution in [0.5, 0.6) is 0 Å². The molecule has 1 aliphatic rings. The van der Waals surface area contributed by atoms with Gasteiger partial charge in [0.15, 0.2) is 0 Å². The maximum Gasteiger partial charge on any atom is 0.288 e. The SMILES string of the molecule is NC(=O)CN1CCC(NC(=O)c2ncn[nH]2)CC1. The van der Waals surface area contributed by atoms with Crippen molar-refractivity contribution >= 4 is 11.8 Å². The predicted molar refractivity (Wildman–Crippen MR) is 62.5 cm³/mol. The first-order chi connectivity index (χ1) is 8.65. The molecule has 0 atom stereocenters. The second-order valence-electron chi connectivity index (χ2n) is 4.32. The fourth-order valence-electron chi connectivity index (χ4n) is 2.02. The van der Waals surface area contributed by atoms with Crippen molar-refractivity contribution in [2.45, 2.75) is 18.9 Å². The predicted octanol–water partition coefficient (Wildman–Crippen LogP) is -1.52. The quantitative estimate of drug-likeness (QED) is 0.602. The third kappa shape index (κ3) is 3.27. The van der Waals surface area contributed by atoms with E-state index in [0.29, 0.717) is 0 Å². The highest BCUT2D eigenvalue weighted by molar-refractivity contribution is 5.90. The standard InChI is InChI=1S/C10H16N6O2/c11-8(17)5-16-3-1-7(2-4-16)14-10(18)9-12-6-13-15-9/h6-7H,1-5H2,(H2,11,17)(H,14,18)(H,12,13,15). The van der Waals surface area contributed by atoms with Crippen LogP contribution in [0.25, 0.3) is 0 Å². The molecule has 0 spiro atoms. The molecule has 0 bridgehead atoms. The number of amides is 2. The van der Waals surface area contributed by atoms with E-state index < -0.39 is 0 Å². The first-order valence-corrected chi connectivity index (χ1v) is 5.82. The van der Waals surface area contributed by atoms with Crippen molar-refractivity contribution in [3.05, 3.63) is 12.2 Å². The lowest BCUT2D eigenvalue weighted by molar-refractivity contribution is -0.119. The molecule has 1 fully saturated rings. The monoisotopic (exact) mass is 252 g/mol. The zero-order valence-corrected chi connectivity index (χ0v) is 9.93. The van der Waals surface area contributed by atoms with Crippen molar-refractivity contribution in [1.82, 2.24) is 25.4 Å². The summed E-state index contributed by atoms with van der Waals surface area (Å²) in [5.41, 5.74) is 5.13. The number of hydrogen-bond acceptors (Lipinski definition) is 5. The number of aromatic nitrogens is 3. The molecule has 2 heterocycles. The molecule has 2 amide bonds. The number of aromatic amines is 1. The van der Waals surface area contributed by atoms with Gasteiger partial charge in [0.05, 0.1) is 6.54 Å². The average Bonchev–Trinajstić information content (AvgIpc) is 2.84. The third-order valence-corrected chi connectivity index (χ3v) is 2.93. The smallest absolute Gasteiger partial charge is 0.288 e. The number of H-pyrrole nitrogens is 1. The van der Waals surface area contributed by atoms with E-state index in [4.69, 9.17) is 5.73 Å². The van der Waals surface area contributed by atoms with Gasteiger partial charge in [0.2, 0.25) is 11.7 Å². The minimum Gasteiger partial charge on any atom is -0.369 e. The van der Waals surface area contributed by atoms with Crippen LogP contribution in [0.2, 0.25) is 0 Å². The molecule has 0 radical (unpaired) electrons. The summed E-state index contributed by atoms with van der Waals surface area (Å²) in [5.74, 6) is -0.352. The van der Waals surface area contributed by atoms with Gasteiger partial charge in [-0.2, -0.15) is 5.10 Å². The van der Waals surface area contributed by atoms with Gasteiger partial charge in [0.1, 0.15) is 6.33 Å². The molecule has 18 heavy (non-hydrogen) atoms. The first kappa shape index (κ1) is 12.5. The Labute approximate surface area is 104 Å². The van der Waals surface area contributed by atoms with Crippen LogP contribution in [0.4, 0.5) is 0 Å². The van der Waals surface area contributed by atoms with Gasteiger partial charge >= 0.3 is 0 Å². The Balaban J connectivity index is 1.77. The van der Waals surface area contributed by atoms with Crippen LogP contribution in [-0.2, 0) is 4.79 Å². The summed E-state index contributed by atoms with van der Waals surface area (Å²) in [6, 6.07) is 0.103. The summed E-state index contributed by atoms with van der Waals surface area (Å²) in [4.78, 5) is 28.2. The van der Waals surface area contributed by atoms with Crippen molar-refractivity contribution in [2.24, 2.45) is 5.73 Å². The highest BCUT2D eigenvalue weighted by Gasteiger charge is 2.22. The van der Waals surface area contributed by atoms with Gasteiger partial charge in [-0.15, -0.1) is 0 Å². The van der Waals surface area contributed by atoms with Gasteiger partial charge in [0, 0.05) is 19.1 Å². The zero-order valence-electron chi connectivity index (χ0n) is 9.93. The van der Waals surface area contributed by atoms with Gasteiger partial charge < -0.3 is 11.1 Å². The van der Waals surface area contributed by atoms with E-state index >= 15 is 0 Å². The minimum atomic E-state index is -0.320. The number of hydrogen-bond donors (Lipinski definition) is 3. The number of nitrogens with two attached hydrogens (primary N) is 1. The van der Waals surface area contributed by atoms with Crippen LogP contribution in [0, 0.1) is 0 Å². The lowest BCUT2D eigenvalue weighted by atomic mass is 10.1. The van der Waals surface area contributed by atoms with Crippen LogP contribution in [0.3, 0.4) is 0 Å². The number of nitrogens with zero attached hydrogens (tertiary/aromatic N) is 3. The Kier molecular flexibility index (Phi) is 3.88. The normalized spacial score (nSPS) is 17.6. The van der Waals surface area contributed by atoms with Crippen molar-refractivity contribution in [3.63, 3.8) is 0 Å². The Morgan fingerprint density at radius 2 is 2.22 bits per heavy atom.